The van der Waals surface area contributed by atoms with Gasteiger partial charge >= 0.3 is 72.1 Å². The van der Waals surface area contributed by atoms with Crippen LogP contribution < -0.4 is 12.1 Å². The van der Waals surface area contributed by atoms with Crippen LogP contribution in [0.5, 0.6) is 0 Å². The third-order valence-electron chi connectivity index (χ3n) is 0. The molecule has 0 bridgehead atoms. The molecule has 0 saturated heterocycles. The molecule has 0 aromatic carbocycles. The Hall–Kier alpha value is 1.63. The summed E-state index contributed by atoms with van der Waals surface area (Å²) < 4.78 is 34.4. The molecule has 0 heterocycles. The van der Waals surface area contributed by atoms with E-state index in [1.165, 1.54) is 0 Å². The Morgan fingerprint density at radius 2 is 1.17 bits per heavy atom. The van der Waals surface area contributed by atoms with E-state index in [-0.39, 0.29) is 41.3 Å². The minimum atomic E-state index is -5.88. The van der Waals surface area contributed by atoms with E-state index in [0.29, 0.717) is 0 Å². The molecule has 4 nitrogen and oxygen atoms in total. The Balaban J connectivity index is 0. The second-order valence-corrected chi connectivity index (χ2v) is 1.84. The van der Waals surface area contributed by atoms with Crippen LogP contribution in [0.25, 0.3) is 0 Å². The van der Waals surface area contributed by atoms with Gasteiger partial charge in [-0.1, -0.05) is 0 Å². The molecule has 0 rings (SSSR count). The van der Waals surface area contributed by atoms with Gasteiger partial charge in [0.05, 0.1) is 0 Å². The smallest absolute Gasteiger partial charge is 3.00 e. The minimum Gasteiger partial charge on any atom is 3.00 e. The first-order valence-electron chi connectivity index (χ1n) is 0.730. The van der Waals surface area contributed by atoms with E-state index in [1.807, 2.05) is 0 Å². The largest absolute Gasteiger partial charge is 3.00 e. The van der Waals surface area contributed by atoms with Gasteiger partial charge in [-0.3, -0.25) is 0 Å². The molecule has 0 spiro atoms. The van der Waals surface area contributed by atoms with Crippen molar-refractivity contribution in [1.82, 2.24) is 0 Å². The third kappa shape index (κ3) is 45.5. The Morgan fingerprint density at radius 3 is 1.17 bits per heavy atom. The van der Waals surface area contributed by atoms with Crippen LogP contribution in [0.15, 0.2) is 0 Å². The topological polar surface area (TPSA) is 86.2 Å². The van der Waals surface area contributed by atoms with Gasteiger partial charge in [-0.15, -0.1) is 0 Å². The van der Waals surface area contributed by atoms with Gasteiger partial charge < -0.3 is 0 Å². The summed E-state index contributed by atoms with van der Waals surface area (Å²) in [7, 11) is 0. The van der Waals surface area contributed by atoms with Crippen LogP contribution in [0.1, 0.15) is 0 Å². The molecule has 0 aromatic heterocycles. The zero-order valence-electron chi connectivity index (χ0n) is 2.66. The van der Waals surface area contributed by atoms with Crippen LogP contribution >= 0.6 is 0 Å². The van der Waals surface area contributed by atoms with E-state index in [2.05, 4.69) is 0 Å². The standard InChI is InChI=1S/4O.Pr.V/q;3*-1;+3;. The molecular formula is O4PrV. The SMILES string of the molecule is [O]=[V]([O-])([O-])[O-].[Pr+3]. The predicted octanol–water partition coefficient (Wildman–Crippen LogP) is -3.69. The van der Waals surface area contributed by atoms with E-state index >= 15 is 0 Å². The zero-order valence-corrected chi connectivity index (χ0v) is 7.76. The van der Waals surface area contributed by atoms with Gasteiger partial charge in [-0.25, -0.2) is 0 Å². The van der Waals surface area contributed by atoms with E-state index < -0.39 is 15.0 Å². The first-order chi connectivity index (χ1) is 2.00. The molecule has 0 radical (unpaired) electrons. The molecular weight excluding hydrogens is 256 g/mol. The van der Waals surface area contributed by atoms with Gasteiger partial charge in [0.15, 0.2) is 0 Å². The Kier molecular flexibility index (Phi) is 6.36. The van der Waals surface area contributed by atoms with Crippen molar-refractivity contribution < 1.29 is 72.1 Å². The zero-order chi connectivity index (χ0) is 4.50. The van der Waals surface area contributed by atoms with Crippen molar-refractivity contribution in [2.75, 3.05) is 0 Å². The van der Waals surface area contributed by atoms with Gasteiger partial charge in [-0.05, 0) is 0 Å². The maximum atomic E-state index is 8.61. The maximum absolute atomic E-state index is 8.61. The van der Waals surface area contributed by atoms with Crippen molar-refractivity contribution in [2.45, 2.75) is 0 Å². The number of hydrogen-bond donors (Lipinski definition) is 0. The molecule has 0 aliphatic carbocycles. The van der Waals surface area contributed by atoms with Crippen LogP contribution in [0.4, 0.5) is 0 Å². The molecule has 0 N–H and O–H groups in total. The first-order valence-corrected chi connectivity index (χ1v) is 3.01. The van der Waals surface area contributed by atoms with Crippen LogP contribution in [-0.2, 0) is 18.7 Å². The third-order valence-corrected chi connectivity index (χ3v) is 0. The fourth-order valence-electron chi connectivity index (χ4n) is 0. The summed E-state index contributed by atoms with van der Waals surface area (Å²) in [6, 6.07) is 0. The monoisotopic (exact) mass is 256 g/mol. The maximum Gasteiger partial charge on any atom is 3.00 e. The van der Waals surface area contributed by atoms with Crippen LogP contribution in [-0.4, -0.2) is 0 Å². The predicted molar refractivity (Wildman–Crippen MR) is 0.686 cm³/mol. The summed E-state index contributed by atoms with van der Waals surface area (Å²) >= 11 is -5.88. The molecule has 0 amide bonds. The van der Waals surface area contributed by atoms with E-state index in [9.17, 15) is 0 Å². The second kappa shape index (κ2) is 3.61. The van der Waals surface area contributed by atoms with Crippen LogP contribution in [0, 0.1) is 41.3 Å². The molecule has 0 unspecified atom stereocenters. The van der Waals surface area contributed by atoms with Crippen molar-refractivity contribution in [3.05, 3.63) is 0 Å². The molecule has 6 heteroatoms. The summed E-state index contributed by atoms with van der Waals surface area (Å²) in [4.78, 5) is 0. The Labute approximate surface area is 71.1 Å². The molecule has 6 heavy (non-hydrogen) atoms. The van der Waals surface area contributed by atoms with Gasteiger partial charge in [0.25, 0.3) is 0 Å². The Bertz CT molecular complexity index is 53.7. The molecule has 0 aliphatic heterocycles. The van der Waals surface area contributed by atoms with E-state index in [1.54, 1.807) is 0 Å². The second-order valence-electron chi connectivity index (χ2n) is 0.447. The molecule has 0 aliphatic rings. The summed E-state index contributed by atoms with van der Waals surface area (Å²) in [5, 5.41) is 0. The van der Waals surface area contributed by atoms with Gasteiger partial charge in [-0.2, -0.15) is 0 Å². The molecule has 32 valence electrons. The van der Waals surface area contributed by atoms with Crippen molar-refractivity contribution in [1.29, 1.82) is 0 Å². The summed E-state index contributed by atoms with van der Waals surface area (Å²) in [6.07, 6.45) is 0. The van der Waals surface area contributed by atoms with Crippen molar-refractivity contribution >= 4 is 0 Å². The minimum absolute atomic E-state index is 0. The summed E-state index contributed by atoms with van der Waals surface area (Å²) in [6.45, 7) is 0. The molecule has 0 fully saturated rings. The number of rotatable bonds is 0. The van der Waals surface area contributed by atoms with Crippen LogP contribution in [0.3, 0.4) is 0 Å². The van der Waals surface area contributed by atoms with Gasteiger partial charge in [0.1, 0.15) is 0 Å². The van der Waals surface area contributed by atoms with Crippen molar-refractivity contribution in [3.63, 3.8) is 0 Å². The average molecular weight is 256 g/mol. The van der Waals surface area contributed by atoms with Crippen molar-refractivity contribution in [2.24, 2.45) is 0 Å². The number of hydrogen-bond acceptors (Lipinski definition) is 4. The van der Waals surface area contributed by atoms with Crippen LogP contribution in [0.2, 0.25) is 0 Å². The molecule has 0 aromatic rings. The normalized spacial score (nSPS) is 9.83. The quantitative estimate of drug-likeness (QED) is 0.446. The summed E-state index contributed by atoms with van der Waals surface area (Å²) in [5.41, 5.74) is 0. The van der Waals surface area contributed by atoms with Gasteiger partial charge in [0.2, 0.25) is 0 Å². The Morgan fingerprint density at radius 1 is 1.17 bits per heavy atom. The van der Waals surface area contributed by atoms with Gasteiger partial charge in [0, 0.05) is 0 Å². The van der Waals surface area contributed by atoms with E-state index in [0.717, 1.165) is 0 Å². The average Bonchev–Trinajstić information content (AvgIpc) is 0.722. The first kappa shape index (κ1) is 10.6. The fourth-order valence-corrected chi connectivity index (χ4v) is 0. The fraction of sp³-hybridized carbons (Fsp3) is 0. The van der Waals surface area contributed by atoms with E-state index in [4.69, 9.17) is 15.8 Å². The molecule has 0 saturated carbocycles. The molecule has 0 atom stereocenters. The van der Waals surface area contributed by atoms with Crippen molar-refractivity contribution in [3.8, 4) is 0 Å². The summed E-state index contributed by atoms with van der Waals surface area (Å²) in [5.74, 6) is 0.